The Kier molecular flexibility index (Phi) is 5.11. The summed E-state index contributed by atoms with van der Waals surface area (Å²) in [4.78, 5) is 15.6. The predicted octanol–water partition coefficient (Wildman–Crippen LogP) is 1.95. The SMILES string of the molecule is COC(=O)c1ccnc(Nc2cccc(OCCN)c2)c1. The summed E-state index contributed by atoms with van der Waals surface area (Å²) in [5.41, 5.74) is 6.64. The van der Waals surface area contributed by atoms with Gasteiger partial charge in [0.1, 0.15) is 18.2 Å². The fraction of sp³-hybridized carbons (Fsp3) is 0.200. The van der Waals surface area contributed by atoms with Gasteiger partial charge in [-0.05, 0) is 24.3 Å². The van der Waals surface area contributed by atoms with Crippen molar-refractivity contribution >= 4 is 17.5 Å². The number of anilines is 2. The number of nitrogens with one attached hydrogen (secondary N) is 1. The lowest BCUT2D eigenvalue weighted by Crippen LogP contribution is -2.10. The number of nitrogens with two attached hydrogens (primary N) is 1. The molecular weight excluding hydrogens is 270 g/mol. The summed E-state index contributed by atoms with van der Waals surface area (Å²) in [5, 5.41) is 3.11. The maximum absolute atomic E-state index is 11.5. The average molecular weight is 287 g/mol. The van der Waals surface area contributed by atoms with E-state index in [1.54, 1.807) is 18.3 Å². The normalized spacial score (nSPS) is 10.0. The Labute approximate surface area is 122 Å². The highest BCUT2D eigenvalue weighted by Crippen LogP contribution is 2.21. The second-order valence-electron chi connectivity index (χ2n) is 4.21. The van der Waals surface area contributed by atoms with Crippen LogP contribution in [-0.4, -0.2) is 31.2 Å². The second kappa shape index (κ2) is 7.25. The van der Waals surface area contributed by atoms with Gasteiger partial charge in [-0.1, -0.05) is 6.07 Å². The molecule has 0 aliphatic carbocycles. The molecule has 0 unspecified atom stereocenters. The Morgan fingerprint density at radius 2 is 2.19 bits per heavy atom. The zero-order chi connectivity index (χ0) is 15.1. The van der Waals surface area contributed by atoms with Gasteiger partial charge < -0.3 is 20.5 Å². The van der Waals surface area contributed by atoms with Gasteiger partial charge in [-0.25, -0.2) is 9.78 Å². The summed E-state index contributed by atoms with van der Waals surface area (Å²) in [6, 6.07) is 10.6. The molecule has 0 bridgehead atoms. The van der Waals surface area contributed by atoms with Crippen molar-refractivity contribution in [3.8, 4) is 5.75 Å². The summed E-state index contributed by atoms with van der Waals surface area (Å²) >= 11 is 0. The van der Waals surface area contributed by atoms with Gasteiger partial charge in [-0.3, -0.25) is 0 Å². The van der Waals surface area contributed by atoms with E-state index in [1.807, 2.05) is 24.3 Å². The molecule has 2 aromatic rings. The van der Waals surface area contributed by atoms with Crippen LogP contribution < -0.4 is 15.8 Å². The van der Waals surface area contributed by atoms with Crippen LogP contribution in [0.25, 0.3) is 0 Å². The molecule has 0 radical (unpaired) electrons. The highest BCUT2D eigenvalue weighted by atomic mass is 16.5. The van der Waals surface area contributed by atoms with Crippen molar-refractivity contribution in [1.82, 2.24) is 4.98 Å². The molecule has 0 saturated carbocycles. The van der Waals surface area contributed by atoms with E-state index >= 15 is 0 Å². The van der Waals surface area contributed by atoms with Crippen LogP contribution in [0.1, 0.15) is 10.4 Å². The molecule has 0 fully saturated rings. The monoisotopic (exact) mass is 287 g/mol. The molecule has 6 nitrogen and oxygen atoms in total. The van der Waals surface area contributed by atoms with Gasteiger partial charge in [0, 0.05) is 24.5 Å². The molecule has 0 aliphatic rings. The first-order valence-corrected chi connectivity index (χ1v) is 6.47. The quantitative estimate of drug-likeness (QED) is 0.790. The fourth-order valence-corrected chi connectivity index (χ4v) is 1.73. The van der Waals surface area contributed by atoms with Crippen LogP contribution >= 0.6 is 0 Å². The summed E-state index contributed by atoms with van der Waals surface area (Å²) in [6.07, 6.45) is 1.54. The molecule has 2 rings (SSSR count). The van der Waals surface area contributed by atoms with Crippen LogP contribution in [0.5, 0.6) is 5.75 Å². The molecule has 21 heavy (non-hydrogen) atoms. The third-order valence-corrected chi connectivity index (χ3v) is 2.67. The third kappa shape index (κ3) is 4.19. The van der Waals surface area contributed by atoms with Gasteiger partial charge in [0.25, 0.3) is 0 Å². The van der Waals surface area contributed by atoms with E-state index in [9.17, 15) is 4.79 Å². The minimum absolute atomic E-state index is 0.402. The van der Waals surface area contributed by atoms with E-state index in [2.05, 4.69) is 15.0 Å². The number of nitrogens with zero attached hydrogens (tertiary/aromatic N) is 1. The van der Waals surface area contributed by atoms with Gasteiger partial charge >= 0.3 is 5.97 Å². The molecule has 1 aromatic carbocycles. The van der Waals surface area contributed by atoms with E-state index in [4.69, 9.17) is 10.5 Å². The number of aromatic nitrogens is 1. The van der Waals surface area contributed by atoms with Crippen LogP contribution in [0.2, 0.25) is 0 Å². The Balaban J connectivity index is 2.12. The number of benzene rings is 1. The largest absolute Gasteiger partial charge is 0.492 e. The fourth-order valence-electron chi connectivity index (χ4n) is 1.73. The van der Waals surface area contributed by atoms with E-state index < -0.39 is 5.97 Å². The van der Waals surface area contributed by atoms with Gasteiger partial charge in [-0.15, -0.1) is 0 Å². The van der Waals surface area contributed by atoms with Crippen molar-refractivity contribution in [2.75, 3.05) is 25.6 Å². The van der Waals surface area contributed by atoms with Crippen LogP contribution in [0.3, 0.4) is 0 Å². The van der Waals surface area contributed by atoms with E-state index in [0.717, 1.165) is 11.4 Å². The molecule has 3 N–H and O–H groups in total. The molecule has 110 valence electrons. The Hall–Kier alpha value is -2.60. The predicted molar refractivity (Wildman–Crippen MR) is 79.9 cm³/mol. The molecule has 0 saturated heterocycles. The molecular formula is C15H17N3O3. The van der Waals surface area contributed by atoms with Gasteiger partial charge in [-0.2, -0.15) is 0 Å². The van der Waals surface area contributed by atoms with Crippen LogP contribution in [0, 0.1) is 0 Å². The van der Waals surface area contributed by atoms with Crippen molar-refractivity contribution in [3.63, 3.8) is 0 Å². The Morgan fingerprint density at radius 1 is 1.33 bits per heavy atom. The first-order chi connectivity index (χ1) is 10.2. The highest BCUT2D eigenvalue weighted by molar-refractivity contribution is 5.90. The van der Waals surface area contributed by atoms with Gasteiger partial charge in [0.05, 0.1) is 12.7 Å². The molecule has 6 heteroatoms. The zero-order valence-corrected chi connectivity index (χ0v) is 11.7. The summed E-state index contributed by atoms with van der Waals surface area (Å²) < 4.78 is 10.1. The number of rotatable bonds is 6. The third-order valence-electron chi connectivity index (χ3n) is 2.67. The topological polar surface area (TPSA) is 86.5 Å². The Bertz CT molecular complexity index is 617. The highest BCUT2D eigenvalue weighted by Gasteiger charge is 2.06. The lowest BCUT2D eigenvalue weighted by molar-refractivity contribution is 0.0600. The first kappa shape index (κ1) is 14.8. The number of esters is 1. The van der Waals surface area contributed by atoms with E-state index in [1.165, 1.54) is 7.11 Å². The minimum Gasteiger partial charge on any atom is -0.492 e. The van der Waals surface area contributed by atoms with Crippen molar-refractivity contribution in [3.05, 3.63) is 48.2 Å². The Morgan fingerprint density at radius 3 is 2.95 bits per heavy atom. The molecule has 0 amide bonds. The van der Waals surface area contributed by atoms with Crippen molar-refractivity contribution < 1.29 is 14.3 Å². The summed E-state index contributed by atoms with van der Waals surface area (Å²) in [7, 11) is 1.34. The van der Waals surface area contributed by atoms with Crippen molar-refractivity contribution in [2.45, 2.75) is 0 Å². The number of methoxy groups -OCH3 is 1. The number of carbonyl (C=O) groups is 1. The number of hydrogen-bond donors (Lipinski definition) is 2. The van der Waals surface area contributed by atoms with E-state index in [0.29, 0.717) is 24.5 Å². The van der Waals surface area contributed by atoms with E-state index in [-0.39, 0.29) is 0 Å². The second-order valence-corrected chi connectivity index (χ2v) is 4.21. The standard InChI is InChI=1S/C15H17N3O3/c1-20-15(19)11-5-7-17-14(9-11)18-12-3-2-4-13(10-12)21-8-6-16/h2-5,7,9-10H,6,8,16H2,1H3,(H,17,18). The number of ether oxygens (including phenoxy) is 2. The van der Waals surface area contributed by atoms with Crippen molar-refractivity contribution in [1.29, 1.82) is 0 Å². The van der Waals surface area contributed by atoms with Gasteiger partial charge in [0.15, 0.2) is 0 Å². The molecule has 1 aromatic heterocycles. The van der Waals surface area contributed by atoms with Crippen LogP contribution in [0.4, 0.5) is 11.5 Å². The number of pyridine rings is 1. The first-order valence-electron chi connectivity index (χ1n) is 6.47. The average Bonchev–Trinajstić information content (AvgIpc) is 2.53. The van der Waals surface area contributed by atoms with Crippen molar-refractivity contribution in [2.24, 2.45) is 5.73 Å². The number of hydrogen-bond acceptors (Lipinski definition) is 6. The van der Waals surface area contributed by atoms with Gasteiger partial charge in [0.2, 0.25) is 0 Å². The molecule has 0 atom stereocenters. The minimum atomic E-state index is -0.402. The lowest BCUT2D eigenvalue weighted by atomic mass is 10.2. The summed E-state index contributed by atoms with van der Waals surface area (Å²) in [6.45, 7) is 0.917. The summed E-state index contributed by atoms with van der Waals surface area (Å²) in [5.74, 6) is 0.865. The molecule has 0 aliphatic heterocycles. The number of carbonyl (C=O) groups excluding carboxylic acids is 1. The maximum atomic E-state index is 11.5. The zero-order valence-electron chi connectivity index (χ0n) is 11.7. The molecule has 1 heterocycles. The van der Waals surface area contributed by atoms with Crippen LogP contribution in [0.15, 0.2) is 42.6 Å². The smallest absolute Gasteiger partial charge is 0.338 e. The molecule has 0 spiro atoms. The van der Waals surface area contributed by atoms with Crippen LogP contribution in [-0.2, 0) is 4.74 Å². The lowest BCUT2D eigenvalue weighted by Gasteiger charge is -2.09. The maximum Gasteiger partial charge on any atom is 0.338 e.